The van der Waals surface area contributed by atoms with E-state index in [0.717, 1.165) is 67.8 Å². The molecule has 4 rings (SSSR count). The third kappa shape index (κ3) is 4.12. The summed E-state index contributed by atoms with van der Waals surface area (Å²) >= 11 is 0. The smallest absolute Gasteiger partial charge is 0.344 e. The predicted octanol–water partition coefficient (Wildman–Crippen LogP) is 5.47. The Labute approximate surface area is 172 Å². The Balaban J connectivity index is 1.53. The summed E-state index contributed by atoms with van der Waals surface area (Å²) in [6.07, 6.45) is 8.00. The molecule has 0 spiro atoms. The quantitative estimate of drug-likeness (QED) is 0.368. The molecule has 1 aliphatic heterocycles. The van der Waals surface area contributed by atoms with Crippen LogP contribution in [0.3, 0.4) is 0 Å². The second-order valence-electron chi connectivity index (χ2n) is 8.53. The molecule has 5 heteroatoms. The van der Waals surface area contributed by atoms with Gasteiger partial charge in [0.05, 0.1) is 13.1 Å². The van der Waals surface area contributed by atoms with E-state index in [1.54, 1.807) is 0 Å². The SMILES string of the molecule is CCC1(OC(=O)COc2ccc([N+]3([O-])CCCCC3)c3ccccc23)CCCC1. The van der Waals surface area contributed by atoms with Gasteiger partial charge < -0.3 is 19.3 Å². The first-order valence-electron chi connectivity index (χ1n) is 11.0. The van der Waals surface area contributed by atoms with Crippen molar-refractivity contribution in [2.45, 2.75) is 63.9 Å². The van der Waals surface area contributed by atoms with Crippen LogP contribution < -0.4 is 9.38 Å². The molecule has 0 unspecified atom stereocenters. The van der Waals surface area contributed by atoms with Crippen molar-refractivity contribution in [2.75, 3.05) is 19.7 Å². The average molecular weight is 398 g/mol. The Bertz CT molecular complexity index is 866. The van der Waals surface area contributed by atoms with Crippen molar-refractivity contribution in [1.29, 1.82) is 0 Å². The highest BCUT2D eigenvalue weighted by Gasteiger charge is 2.36. The number of hydroxylamine groups is 2. The largest absolute Gasteiger partial charge is 0.627 e. The van der Waals surface area contributed by atoms with Gasteiger partial charge in [0.1, 0.15) is 17.0 Å². The normalized spacial score (nSPS) is 20.5. The van der Waals surface area contributed by atoms with Crippen LogP contribution in [0.4, 0.5) is 5.69 Å². The molecule has 2 aromatic carbocycles. The van der Waals surface area contributed by atoms with Gasteiger partial charge in [-0.2, -0.15) is 0 Å². The minimum atomic E-state index is -0.315. The molecule has 2 fully saturated rings. The highest BCUT2D eigenvalue weighted by molar-refractivity contribution is 5.97. The number of benzene rings is 2. The molecule has 0 aromatic heterocycles. The monoisotopic (exact) mass is 397 g/mol. The summed E-state index contributed by atoms with van der Waals surface area (Å²) in [6.45, 7) is 3.21. The van der Waals surface area contributed by atoms with Gasteiger partial charge >= 0.3 is 5.97 Å². The molecule has 2 aliphatic rings. The van der Waals surface area contributed by atoms with Gasteiger partial charge in [-0.05, 0) is 63.5 Å². The maximum Gasteiger partial charge on any atom is 0.344 e. The minimum absolute atomic E-state index is 0.109. The molecule has 0 radical (unpaired) electrons. The van der Waals surface area contributed by atoms with Crippen LogP contribution in [0.5, 0.6) is 5.75 Å². The van der Waals surface area contributed by atoms with Crippen LogP contribution >= 0.6 is 0 Å². The van der Waals surface area contributed by atoms with Crippen LogP contribution in [0.15, 0.2) is 36.4 Å². The second kappa shape index (κ2) is 8.33. The van der Waals surface area contributed by atoms with Crippen molar-refractivity contribution in [3.8, 4) is 5.75 Å². The molecule has 156 valence electrons. The lowest BCUT2D eigenvalue weighted by Gasteiger charge is -2.45. The Morgan fingerprint density at radius 3 is 2.38 bits per heavy atom. The summed E-state index contributed by atoms with van der Waals surface area (Å²) in [4.78, 5) is 12.4. The number of fused-ring (bicyclic) bond motifs is 1. The lowest BCUT2D eigenvalue weighted by molar-refractivity contribution is -0.162. The van der Waals surface area contributed by atoms with Crippen molar-refractivity contribution in [3.05, 3.63) is 41.6 Å². The van der Waals surface area contributed by atoms with Gasteiger partial charge in [-0.3, -0.25) is 0 Å². The predicted molar refractivity (Wildman–Crippen MR) is 116 cm³/mol. The summed E-state index contributed by atoms with van der Waals surface area (Å²) in [5, 5.41) is 15.2. The lowest BCUT2D eigenvalue weighted by atomic mass is 9.99. The molecular formula is C24H31NO4. The molecular weight excluding hydrogens is 366 g/mol. The van der Waals surface area contributed by atoms with Gasteiger partial charge in [0.2, 0.25) is 0 Å². The Kier molecular flexibility index (Phi) is 5.79. The van der Waals surface area contributed by atoms with Gasteiger partial charge in [-0.1, -0.05) is 25.1 Å². The number of hydrogen-bond donors (Lipinski definition) is 0. The number of carbonyl (C=O) groups excluding carboxylic acids is 1. The van der Waals surface area contributed by atoms with Crippen LogP contribution in [0.25, 0.3) is 10.8 Å². The summed E-state index contributed by atoms with van der Waals surface area (Å²) in [5.41, 5.74) is 0.492. The zero-order chi connectivity index (χ0) is 20.3. The number of carbonyl (C=O) groups is 1. The standard InChI is InChI=1S/C24H31NO4/c1-2-24(14-6-7-15-24)29-23(26)18-28-22-13-12-21(19-10-4-5-11-20(19)22)25(27)16-8-3-9-17-25/h4-5,10-13H,2-3,6-9,14-18H2,1H3. The van der Waals surface area contributed by atoms with Gasteiger partial charge in [-0.25, -0.2) is 4.79 Å². The van der Waals surface area contributed by atoms with Crippen LogP contribution in [-0.2, 0) is 9.53 Å². The number of rotatable bonds is 6. The highest BCUT2D eigenvalue weighted by atomic mass is 16.6. The topological polar surface area (TPSA) is 58.6 Å². The van der Waals surface area contributed by atoms with E-state index in [1.165, 1.54) is 0 Å². The van der Waals surface area contributed by atoms with E-state index in [-0.39, 0.29) is 22.8 Å². The van der Waals surface area contributed by atoms with E-state index in [1.807, 2.05) is 36.4 Å². The Hall–Kier alpha value is -2.11. The maximum absolute atomic E-state index is 13.4. The molecule has 2 aromatic rings. The summed E-state index contributed by atoms with van der Waals surface area (Å²) in [5.74, 6) is 0.312. The second-order valence-corrected chi connectivity index (χ2v) is 8.53. The summed E-state index contributed by atoms with van der Waals surface area (Å²) in [6, 6.07) is 11.5. The van der Waals surface area contributed by atoms with Crippen LogP contribution in [0.2, 0.25) is 0 Å². The fourth-order valence-electron chi connectivity index (χ4n) is 4.96. The van der Waals surface area contributed by atoms with Crippen molar-refractivity contribution >= 4 is 22.4 Å². The van der Waals surface area contributed by atoms with E-state index in [9.17, 15) is 10.0 Å². The van der Waals surface area contributed by atoms with Crippen molar-refractivity contribution < 1.29 is 14.3 Å². The molecule has 29 heavy (non-hydrogen) atoms. The number of quaternary nitrogens is 1. The van der Waals surface area contributed by atoms with E-state index < -0.39 is 0 Å². The van der Waals surface area contributed by atoms with Gasteiger partial charge in [0, 0.05) is 16.8 Å². The lowest BCUT2D eigenvalue weighted by Crippen LogP contribution is -2.47. The van der Waals surface area contributed by atoms with Crippen molar-refractivity contribution in [1.82, 2.24) is 4.65 Å². The molecule has 1 saturated heterocycles. The van der Waals surface area contributed by atoms with Crippen molar-refractivity contribution in [3.63, 3.8) is 0 Å². The minimum Gasteiger partial charge on any atom is -0.627 e. The number of piperidine rings is 1. The number of ether oxygens (including phenoxy) is 2. The molecule has 1 heterocycles. The Morgan fingerprint density at radius 1 is 1.00 bits per heavy atom. The fourth-order valence-corrected chi connectivity index (χ4v) is 4.96. The average Bonchev–Trinajstić information content (AvgIpc) is 3.21. The number of nitrogens with zero attached hydrogens (tertiary/aromatic N) is 1. The van der Waals surface area contributed by atoms with E-state index in [4.69, 9.17) is 9.47 Å². The number of esters is 1. The van der Waals surface area contributed by atoms with E-state index in [0.29, 0.717) is 18.8 Å². The molecule has 1 saturated carbocycles. The van der Waals surface area contributed by atoms with Gasteiger partial charge in [0.25, 0.3) is 0 Å². The number of hydrogen-bond acceptors (Lipinski definition) is 4. The van der Waals surface area contributed by atoms with Crippen LogP contribution in [0.1, 0.15) is 58.3 Å². The third-order valence-electron chi connectivity index (χ3n) is 6.67. The summed E-state index contributed by atoms with van der Waals surface area (Å²) in [7, 11) is 0. The molecule has 0 atom stereocenters. The van der Waals surface area contributed by atoms with Gasteiger partial charge in [0.15, 0.2) is 6.61 Å². The zero-order valence-corrected chi connectivity index (χ0v) is 17.3. The zero-order valence-electron chi connectivity index (χ0n) is 17.3. The molecule has 0 N–H and O–H groups in total. The van der Waals surface area contributed by atoms with E-state index >= 15 is 0 Å². The first kappa shape index (κ1) is 20.2. The van der Waals surface area contributed by atoms with Gasteiger partial charge in [-0.15, -0.1) is 0 Å². The summed E-state index contributed by atoms with van der Waals surface area (Å²) < 4.78 is 11.4. The van der Waals surface area contributed by atoms with Crippen molar-refractivity contribution in [2.24, 2.45) is 0 Å². The molecule has 5 nitrogen and oxygen atoms in total. The first-order valence-corrected chi connectivity index (χ1v) is 11.0. The first-order chi connectivity index (χ1) is 14.1. The maximum atomic E-state index is 13.4. The fraction of sp³-hybridized carbons (Fsp3) is 0.542. The van der Waals surface area contributed by atoms with E-state index in [2.05, 4.69) is 6.92 Å². The molecule has 0 bridgehead atoms. The third-order valence-corrected chi connectivity index (χ3v) is 6.67. The highest BCUT2D eigenvalue weighted by Crippen LogP contribution is 2.39. The Morgan fingerprint density at radius 2 is 1.69 bits per heavy atom. The van der Waals surface area contributed by atoms with Crippen LogP contribution in [-0.4, -0.2) is 31.3 Å². The van der Waals surface area contributed by atoms with Crippen LogP contribution in [0, 0.1) is 5.21 Å². The molecule has 0 amide bonds. The molecule has 1 aliphatic carbocycles.